The van der Waals surface area contributed by atoms with Crippen molar-refractivity contribution in [3.63, 3.8) is 0 Å². The molecule has 9 heteroatoms. The Hall–Kier alpha value is -2.61. The molecule has 122 valence electrons. The highest BCUT2D eigenvalue weighted by Crippen LogP contribution is 2.27. The molecule has 1 N–H and O–H groups in total. The fraction of sp³-hybridized carbons (Fsp3) is 0.286. The van der Waals surface area contributed by atoms with Crippen LogP contribution in [0.2, 0.25) is 5.02 Å². The van der Waals surface area contributed by atoms with Crippen molar-refractivity contribution in [3.05, 3.63) is 51.3 Å². The van der Waals surface area contributed by atoms with Crippen LogP contribution >= 0.6 is 11.6 Å². The number of benzene rings is 1. The molecule has 23 heavy (non-hydrogen) atoms. The lowest BCUT2D eigenvalue weighted by molar-refractivity contribution is -0.384. The Morgan fingerprint density at radius 2 is 2.22 bits per heavy atom. The van der Waals surface area contributed by atoms with E-state index in [1.54, 1.807) is 25.0 Å². The number of carbonyl (C=O) groups excluding carboxylic acids is 1. The number of aryl methyl sites for hydroxylation is 1. The maximum atomic E-state index is 12.3. The van der Waals surface area contributed by atoms with Gasteiger partial charge in [0.25, 0.3) is 5.69 Å². The highest BCUT2D eigenvalue weighted by atomic mass is 35.5. The smallest absolute Gasteiger partial charge is 0.321 e. The van der Waals surface area contributed by atoms with Crippen LogP contribution in [-0.2, 0) is 7.05 Å². The molecule has 2 aromatic rings. The fourth-order valence-corrected chi connectivity index (χ4v) is 2.25. The Bertz CT molecular complexity index is 746. The highest BCUT2D eigenvalue weighted by Gasteiger charge is 2.19. The van der Waals surface area contributed by atoms with Gasteiger partial charge in [-0.15, -0.1) is 0 Å². The topological polar surface area (TPSA) is 93.3 Å². The van der Waals surface area contributed by atoms with Crippen LogP contribution in [0.25, 0.3) is 0 Å². The Balaban J connectivity index is 2.09. The van der Waals surface area contributed by atoms with Crippen LogP contribution in [0.3, 0.4) is 0 Å². The first-order valence-electron chi connectivity index (χ1n) is 6.76. The largest absolute Gasteiger partial charge is 0.322 e. The van der Waals surface area contributed by atoms with E-state index >= 15 is 0 Å². The van der Waals surface area contributed by atoms with E-state index in [0.717, 1.165) is 5.56 Å². The van der Waals surface area contributed by atoms with Gasteiger partial charge >= 0.3 is 6.03 Å². The number of nitro benzene ring substituents is 1. The van der Waals surface area contributed by atoms with E-state index in [-0.39, 0.29) is 22.8 Å². The number of amides is 2. The lowest BCUT2D eigenvalue weighted by Gasteiger charge is -2.24. The summed E-state index contributed by atoms with van der Waals surface area (Å²) in [6, 6.07) is 3.50. The summed E-state index contributed by atoms with van der Waals surface area (Å²) in [5.41, 5.74) is 1.07. The SMILES string of the molecule is C[C@@H](c1cnn(C)c1)N(C)C(=O)Nc1ccc([N+](=O)[O-])c(Cl)c1. The molecule has 0 fully saturated rings. The number of hydrogen-bond donors (Lipinski definition) is 1. The summed E-state index contributed by atoms with van der Waals surface area (Å²) >= 11 is 5.83. The minimum atomic E-state index is -0.579. The zero-order chi connectivity index (χ0) is 17.1. The predicted octanol–water partition coefficient (Wildman–Crippen LogP) is 3.21. The summed E-state index contributed by atoms with van der Waals surface area (Å²) in [6.45, 7) is 1.87. The third-order valence-electron chi connectivity index (χ3n) is 3.50. The first kappa shape index (κ1) is 16.8. The number of nitrogens with zero attached hydrogens (tertiary/aromatic N) is 4. The summed E-state index contributed by atoms with van der Waals surface area (Å²) in [5, 5.41) is 17.4. The fourth-order valence-electron chi connectivity index (χ4n) is 2.00. The second-order valence-electron chi connectivity index (χ2n) is 5.09. The molecule has 0 saturated heterocycles. The molecular formula is C14H16ClN5O3. The number of urea groups is 1. The van der Waals surface area contributed by atoms with Crippen LogP contribution in [0.15, 0.2) is 30.6 Å². The Morgan fingerprint density at radius 3 is 2.74 bits per heavy atom. The van der Waals surface area contributed by atoms with Crippen LogP contribution in [-0.4, -0.2) is 32.7 Å². The van der Waals surface area contributed by atoms with E-state index in [1.165, 1.54) is 23.1 Å². The zero-order valence-corrected chi connectivity index (χ0v) is 13.6. The number of halogens is 1. The quantitative estimate of drug-likeness (QED) is 0.684. The lowest BCUT2D eigenvalue weighted by atomic mass is 10.2. The number of nitrogens with one attached hydrogen (secondary N) is 1. The van der Waals surface area contributed by atoms with Gasteiger partial charge in [-0.25, -0.2) is 4.79 Å². The lowest BCUT2D eigenvalue weighted by Crippen LogP contribution is -2.33. The van der Waals surface area contributed by atoms with Crippen molar-refractivity contribution in [2.24, 2.45) is 7.05 Å². The van der Waals surface area contributed by atoms with Gasteiger partial charge in [0.05, 0.1) is 17.2 Å². The van der Waals surface area contributed by atoms with Gasteiger partial charge in [0.2, 0.25) is 0 Å². The normalized spacial score (nSPS) is 11.8. The Morgan fingerprint density at radius 1 is 1.52 bits per heavy atom. The summed E-state index contributed by atoms with van der Waals surface area (Å²) in [5.74, 6) is 0. The second-order valence-corrected chi connectivity index (χ2v) is 5.49. The molecule has 1 aromatic carbocycles. The monoisotopic (exact) mass is 337 g/mol. The first-order valence-corrected chi connectivity index (χ1v) is 7.13. The van der Waals surface area contributed by atoms with E-state index in [0.29, 0.717) is 5.69 Å². The number of carbonyl (C=O) groups is 1. The average molecular weight is 338 g/mol. The third kappa shape index (κ3) is 3.78. The van der Waals surface area contributed by atoms with Crippen molar-refractivity contribution in [1.29, 1.82) is 0 Å². The third-order valence-corrected chi connectivity index (χ3v) is 3.81. The van der Waals surface area contributed by atoms with Gasteiger partial charge in [0.15, 0.2) is 0 Å². The zero-order valence-electron chi connectivity index (χ0n) is 12.9. The number of rotatable bonds is 4. The van der Waals surface area contributed by atoms with E-state index in [1.807, 2.05) is 13.1 Å². The van der Waals surface area contributed by atoms with Gasteiger partial charge in [-0.1, -0.05) is 11.6 Å². The highest BCUT2D eigenvalue weighted by molar-refractivity contribution is 6.33. The van der Waals surface area contributed by atoms with Gasteiger partial charge in [-0.05, 0) is 19.1 Å². The van der Waals surface area contributed by atoms with Crippen LogP contribution in [0.1, 0.15) is 18.5 Å². The van der Waals surface area contributed by atoms with Gasteiger partial charge < -0.3 is 10.2 Å². The van der Waals surface area contributed by atoms with E-state index < -0.39 is 4.92 Å². The van der Waals surface area contributed by atoms with Crippen molar-refractivity contribution in [2.45, 2.75) is 13.0 Å². The molecule has 2 rings (SSSR count). The minimum absolute atomic E-state index is 0.0317. The van der Waals surface area contributed by atoms with Crippen LogP contribution in [0.5, 0.6) is 0 Å². The van der Waals surface area contributed by atoms with Crippen LogP contribution in [0.4, 0.5) is 16.2 Å². The molecule has 2 amide bonds. The van der Waals surface area contributed by atoms with Crippen molar-refractivity contribution in [1.82, 2.24) is 14.7 Å². The summed E-state index contributed by atoms with van der Waals surface area (Å²) in [6.07, 6.45) is 3.52. The van der Waals surface area contributed by atoms with Crippen molar-refractivity contribution >= 4 is 29.0 Å². The van der Waals surface area contributed by atoms with Crippen molar-refractivity contribution < 1.29 is 9.72 Å². The molecule has 0 aliphatic carbocycles. The molecule has 8 nitrogen and oxygen atoms in total. The molecule has 0 unspecified atom stereocenters. The Labute approximate surface area is 137 Å². The number of aromatic nitrogens is 2. The molecule has 0 bridgehead atoms. The molecule has 1 aromatic heterocycles. The molecule has 0 spiro atoms. The average Bonchev–Trinajstić information content (AvgIpc) is 2.91. The molecule has 1 atom stereocenters. The summed E-state index contributed by atoms with van der Waals surface area (Å²) in [4.78, 5) is 23.9. The molecule has 1 heterocycles. The molecule has 0 radical (unpaired) electrons. The van der Waals surface area contributed by atoms with Crippen molar-refractivity contribution in [3.8, 4) is 0 Å². The summed E-state index contributed by atoms with van der Waals surface area (Å²) in [7, 11) is 3.45. The first-order chi connectivity index (χ1) is 10.8. The molecule has 0 saturated carbocycles. The molecule has 0 aliphatic rings. The predicted molar refractivity (Wildman–Crippen MR) is 86.5 cm³/mol. The van der Waals surface area contributed by atoms with Crippen LogP contribution < -0.4 is 5.32 Å². The van der Waals surface area contributed by atoms with Gasteiger partial charge in [0.1, 0.15) is 5.02 Å². The van der Waals surface area contributed by atoms with Gasteiger partial charge in [-0.3, -0.25) is 14.8 Å². The maximum Gasteiger partial charge on any atom is 0.322 e. The molecule has 0 aliphatic heterocycles. The summed E-state index contributed by atoms with van der Waals surface area (Å²) < 4.78 is 1.66. The standard InChI is InChI=1S/C14H16ClN5O3/c1-9(10-7-16-18(2)8-10)19(3)14(21)17-11-4-5-13(20(22)23)12(15)6-11/h4-9H,1-3H3,(H,17,21)/t9-/m0/s1. The Kier molecular flexibility index (Phi) is 4.85. The number of hydrogen-bond acceptors (Lipinski definition) is 4. The minimum Gasteiger partial charge on any atom is -0.321 e. The number of nitro groups is 1. The van der Waals surface area contributed by atoms with Crippen molar-refractivity contribution in [2.75, 3.05) is 12.4 Å². The van der Waals surface area contributed by atoms with Gasteiger partial charge in [0, 0.05) is 37.6 Å². The van der Waals surface area contributed by atoms with Gasteiger partial charge in [-0.2, -0.15) is 5.10 Å². The second kappa shape index (κ2) is 6.66. The number of anilines is 1. The van der Waals surface area contributed by atoms with E-state index in [9.17, 15) is 14.9 Å². The van der Waals surface area contributed by atoms with Crippen LogP contribution in [0, 0.1) is 10.1 Å². The maximum absolute atomic E-state index is 12.3. The van der Waals surface area contributed by atoms with E-state index in [2.05, 4.69) is 10.4 Å². The van der Waals surface area contributed by atoms with E-state index in [4.69, 9.17) is 11.6 Å². The molecular weight excluding hydrogens is 322 g/mol.